The fourth-order valence-electron chi connectivity index (χ4n) is 3.98. The van der Waals surface area contributed by atoms with Crippen molar-refractivity contribution in [2.45, 2.75) is 19.3 Å². The van der Waals surface area contributed by atoms with Gasteiger partial charge in [0.15, 0.2) is 0 Å². The fraction of sp³-hybridized carbons (Fsp3) is 0.348. The van der Waals surface area contributed by atoms with Crippen molar-refractivity contribution in [3.8, 4) is 11.8 Å². The van der Waals surface area contributed by atoms with E-state index < -0.39 is 5.82 Å². The minimum absolute atomic E-state index is 0.0959. The van der Waals surface area contributed by atoms with Gasteiger partial charge in [-0.05, 0) is 51.7 Å². The molecule has 0 saturated carbocycles. The van der Waals surface area contributed by atoms with Crippen LogP contribution in [-0.4, -0.2) is 68.6 Å². The van der Waals surface area contributed by atoms with Crippen LogP contribution < -0.4 is 0 Å². The smallest absolute Gasteiger partial charge is 0.143 e. The number of amidine groups is 1. The highest BCUT2D eigenvalue weighted by Gasteiger charge is 2.21. The van der Waals surface area contributed by atoms with Crippen LogP contribution in [0.4, 0.5) is 4.39 Å². The van der Waals surface area contributed by atoms with Crippen LogP contribution in [0.3, 0.4) is 0 Å². The fourth-order valence-corrected chi connectivity index (χ4v) is 3.98. The lowest BCUT2D eigenvalue weighted by atomic mass is 9.98. The Morgan fingerprint density at radius 2 is 1.91 bits per heavy atom. The van der Waals surface area contributed by atoms with Crippen LogP contribution in [0.2, 0.25) is 0 Å². The lowest BCUT2D eigenvalue weighted by Crippen LogP contribution is -2.49. The highest BCUT2D eigenvalue weighted by Crippen LogP contribution is 2.20. The minimum Gasteiger partial charge on any atom is -0.358 e. The number of halogens is 1. The van der Waals surface area contributed by atoms with Gasteiger partial charge in [0, 0.05) is 39.1 Å². The first kappa shape index (κ1) is 21.6. The Bertz CT molecular complexity index is 1100. The van der Waals surface area contributed by atoms with Crippen LogP contribution in [-0.2, 0) is 6.42 Å². The van der Waals surface area contributed by atoms with Gasteiger partial charge >= 0.3 is 0 Å². The number of nitriles is 1. The zero-order chi connectivity index (χ0) is 22.5. The van der Waals surface area contributed by atoms with Crippen molar-refractivity contribution in [2.75, 3.05) is 32.7 Å². The van der Waals surface area contributed by atoms with Crippen LogP contribution in [0.25, 0.3) is 5.69 Å². The van der Waals surface area contributed by atoms with Crippen molar-refractivity contribution in [2.24, 2.45) is 0 Å². The van der Waals surface area contributed by atoms with Gasteiger partial charge < -0.3 is 4.90 Å². The van der Waals surface area contributed by atoms with E-state index in [4.69, 9.17) is 10.7 Å². The highest BCUT2D eigenvalue weighted by atomic mass is 19.1. The predicted octanol–water partition coefficient (Wildman–Crippen LogP) is 2.61. The first-order valence-corrected chi connectivity index (χ1v) is 10.6. The van der Waals surface area contributed by atoms with Gasteiger partial charge in [0.2, 0.25) is 0 Å². The van der Waals surface area contributed by atoms with Gasteiger partial charge in [-0.1, -0.05) is 25.1 Å². The molecule has 0 bridgehead atoms. The van der Waals surface area contributed by atoms with Crippen molar-refractivity contribution in [1.82, 2.24) is 30.0 Å². The maximum absolute atomic E-state index is 13.6. The van der Waals surface area contributed by atoms with Crippen molar-refractivity contribution >= 4 is 5.84 Å². The summed E-state index contributed by atoms with van der Waals surface area (Å²) in [6.45, 7) is 6.30. The second-order valence-corrected chi connectivity index (χ2v) is 8.08. The molecule has 8 nitrogen and oxygen atoms in total. The first-order chi connectivity index (χ1) is 15.5. The largest absolute Gasteiger partial charge is 0.358 e. The Morgan fingerprint density at radius 1 is 1.16 bits per heavy atom. The van der Waals surface area contributed by atoms with Gasteiger partial charge in [0.25, 0.3) is 0 Å². The molecule has 0 aliphatic carbocycles. The van der Waals surface area contributed by atoms with Gasteiger partial charge in [0.05, 0.1) is 11.3 Å². The summed E-state index contributed by atoms with van der Waals surface area (Å²) in [4.78, 5) is 4.49. The molecular weight excluding hydrogens is 407 g/mol. The van der Waals surface area contributed by atoms with Gasteiger partial charge in [0.1, 0.15) is 24.0 Å². The number of benzene rings is 2. The number of hydrogen-bond donors (Lipinski definition) is 1. The second-order valence-electron chi connectivity index (χ2n) is 8.08. The number of aromatic nitrogens is 4. The first-order valence-electron chi connectivity index (χ1n) is 10.6. The molecule has 4 rings (SSSR count). The summed E-state index contributed by atoms with van der Waals surface area (Å²) in [5.74, 6) is 0.345. The molecule has 0 amide bonds. The molecule has 1 atom stereocenters. The number of rotatable bonds is 6. The van der Waals surface area contributed by atoms with Crippen LogP contribution in [0.15, 0.2) is 48.8 Å². The molecule has 1 fully saturated rings. The zero-order valence-electron chi connectivity index (χ0n) is 17.9. The number of nitrogens with zero attached hydrogens (tertiary/aromatic N) is 7. The molecule has 32 heavy (non-hydrogen) atoms. The van der Waals surface area contributed by atoms with Crippen LogP contribution in [0.5, 0.6) is 0 Å². The zero-order valence-corrected chi connectivity index (χ0v) is 17.9. The molecule has 1 aliphatic rings. The number of piperazine rings is 1. The van der Waals surface area contributed by atoms with E-state index in [1.807, 2.05) is 30.3 Å². The minimum atomic E-state index is -0.472. The van der Waals surface area contributed by atoms with Crippen LogP contribution >= 0.6 is 0 Å². The lowest BCUT2D eigenvalue weighted by molar-refractivity contribution is 0.173. The van der Waals surface area contributed by atoms with Gasteiger partial charge in [-0.25, -0.2) is 9.07 Å². The molecule has 3 aromatic rings. The molecule has 164 valence electrons. The monoisotopic (exact) mass is 432 g/mol. The second kappa shape index (κ2) is 9.66. The van der Waals surface area contributed by atoms with E-state index in [1.165, 1.54) is 6.07 Å². The molecule has 2 heterocycles. The molecule has 0 radical (unpaired) electrons. The third-order valence-electron chi connectivity index (χ3n) is 5.89. The summed E-state index contributed by atoms with van der Waals surface area (Å²) in [7, 11) is 0. The van der Waals surface area contributed by atoms with Crippen molar-refractivity contribution in [3.05, 3.63) is 71.3 Å². The highest BCUT2D eigenvalue weighted by molar-refractivity contribution is 5.81. The van der Waals surface area contributed by atoms with E-state index in [9.17, 15) is 4.39 Å². The van der Waals surface area contributed by atoms with Gasteiger partial charge in [-0.3, -0.25) is 10.3 Å². The maximum atomic E-state index is 13.6. The average Bonchev–Trinajstić information content (AvgIpc) is 3.35. The SMILES string of the molecule is CC(CN1CCN(C(=N)Cc2ccc(-n3cnnn3)cc2)CC1)c1ccc(F)c(C#N)c1. The Balaban J connectivity index is 1.27. The normalized spacial score (nSPS) is 15.3. The lowest BCUT2D eigenvalue weighted by Gasteiger charge is -2.37. The predicted molar refractivity (Wildman–Crippen MR) is 118 cm³/mol. The summed E-state index contributed by atoms with van der Waals surface area (Å²) in [5, 5.41) is 28.7. The average molecular weight is 433 g/mol. The quantitative estimate of drug-likeness (QED) is 0.475. The van der Waals surface area contributed by atoms with E-state index in [0.29, 0.717) is 12.3 Å². The summed E-state index contributed by atoms with van der Waals surface area (Å²) in [6.07, 6.45) is 2.13. The third-order valence-corrected chi connectivity index (χ3v) is 5.89. The van der Waals surface area contributed by atoms with Crippen molar-refractivity contribution in [3.63, 3.8) is 0 Å². The molecular formula is C23H25FN8. The maximum Gasteiger partial charge on any atom is 0.143 e. The van der Waals surface area contributed by atoms with E-state index in [1.54, 1.807) is 23.1 Å². The van der Waals surface area contributed by atoms with Crippen LogP contribution in [0.1, 0.15) is 29.5 Å². The van der Waals surface area contributed by atoms with E-state index in [-0.39, 0.29) is 11.5 Å². The number of hydrogen-bond acceptors (Lipinski definition) is 6. The topological polar surface area (TPSA) is 97.7 Å². The Morgan fingerprint density at radius 3 is 2.56 bits per heavy atom. The van der Waals surface area contributed by atoms with Crippen molar-refractivity contribution < 1.29 is 4.39 Å². The van der Waals surface area contributed by atoms with Crippen molar-refractivity contribution in [1.29, 1.82) is 10.7 Å². The van der Waals surface area contributed by atoms with E-state index in [2.05, 4.69) is 32.2 Å². The standard InChI is InChI=1S/C23H25FN8/c1-17(19-4-7-22(24)20(13-19)14-25)15-30-8-10-31(11-9-30)23(26)12-18-2-5-21(6-3-18)32-16-27-28-29-32/h2-7,13,16-17,26H,8-12,15H2,1H3. The summed E-state index contributed by atoms with van der Waals surface area (Å²) >= 11 is 0. The van der Waals surface area contributed by atoms with Crippen LogP contribution in [0, 0.1) is 22.6 Å². The molecule has 1 N–H and O–H groups in total. The Hall–Kier alpha value is -3.64. The van der Waals surface area contributed by atoms with E-state index in [0.717, 1.165) is 49.5 Å². The molecule has 1 unspecified atom stereocenters. The summed E-state index contributed by atoms with van der Waals surface area (Å²) in [5.41, 5.74) is 3.03. The molecule has 2 aromatic carbocycles. The summed E-state index contributed by atoms with van der Waals surface area (Å²) < 4.78 is 15.2. The van der Waals surface area contributed by atoms with Gasteiger partial charge in [-0.15, -0.1) is 5.10 Å². The molecule has 1 aliphatic heterocycles. The number of nitrogens with one attached hydrogen (secondary N) is 1. The van der Waals surface area contributed by atoms with E-state index >= 15 is 0 Å². The Labute approximate surface area is 186 Å². The molecule has 1 saturated heterocycles. The molecule has 1 aromatic heterocycles. The third kappa shape index (κ3) is 4.98. The molecule has 0 spiro atoms. The summed E-state index contributed by atoms with van der Waals surface area (Å²) in [6, 6.07) is 14.6. The Kier molecular flexibility index (Phi) is 6.52. The van der Waals surface area contributed by atoms with Gasteiger partial charge in [-0.2, -0.15) is 5.26 Å². The molecule has 9 heteroatoms. The number of tetrazole rings is 1.